The Morgan fingerprint density at radius 1 is 0.947 bits per heavy atom. The largest absolute Gasteiger partial charge is 0.506 e. The van der Waals surface area contributed by atoms with Gasteiger partial charge in [-0.15, -0.1) is 22.7 Å². The number of nitrogens with one attached hydrogen (secondary N) is 1. The summed E-state index contributed by atoms with van der Waals surface area (Å²) in [6.07, 6.45) is 0.854. The van der Waals surface area contributed by atoms with Crippen molar-refractivity contribution in [1.29, 1.82) is 0 Å². The molecule has 0 aliphatic heterocycles. The van der Waals surface area contributed by atoms with Crippen LogP contribution >= 0.6 is 38.6 Å². The summed E-state index contributed by atoms with van der Waals surface area (Å²) in [5.74, 6) is -0.215. The summed E-state index contributed by atoms with van der Waals surface area (Å²) in [7, 11) is 1.58. The van der Waals surface area contributed by atoms with Gasteiger partial charge in [0.15, 0.2) is 11.6 Å². The first kappa shape index (κ1) is 27.6. The number of benzene rings is 2. The summed E-state index contributed by atoms with van der Waals surface area (Å²) in [5.41, 5.74) is 3.61. The number of carbonyl (C=O) groups excluding carboxylic acids is 3. The lowest BCUT2D eigenvalue weighted by atomic mass is 10.0. The molecule has 0 radical (unpaired) electrons. The quantitative estimate of drug-likeness (QED) is 0.153. The van der Waals surface area contributed by atoms with Crippen LogP contribution < -0.4 is 5.32 Å². The molecule has 0 atom stereocenters. The highest BCUT2D eigenvalue weighted by atomic mass is 79.9. The van der Waals surface area contributed by atoms with E-state index in [1.165, 1.54) is 22.7 Å². The first-order valence-corrected chi connectivity index (χ1v) is 14.3. The van der Waals surface area contributed by atoms with Gasteiger partial charge in [-0.3, -0.25) is 19.4 Å². The van der Waals surface area contributed by atoms with E-state index < -0.39 is 0 Å². The fourth-order valence-corrected chi connectivity index (χ4v) is 5.93. The van der Waals surface area contributed by atoms with Crippen LogP contribution in [0.3, 0.4) is 0 Å². The predicted molar refractivity (Wildman–Crippen MR) is 157 cm³/mol. The van der Waals surface area contributed by atoms with Gasteiger partial charge in [-0.25, -0.2) is 0 Å². The van der Waals surface area contributed by atoms with Crippen LogP contribution in [0.4, 0.5) is 0 Å². The molecule has 0 fully saturated rings. The lowest BCUT2D eigenvalue weighted by molar-refractivity contribution is 0.0959. The Kier molecular flexibility index (Phi) is 9.04. The highest BCUT2D eigenvalue weighted by Crippen LogP contribution is 2.39. The van der Waals surface area contributed by atoms with Crippen LogP contribution in [0.2, 0.25) is 0 Å². The number of Topliss-reactive ketones (excluding diaryl/α,β-unsaturated/α-hetero) is 2. The molecule has 9 heteroatoms. The molecule has 0 aliphatic carbocycles. The minimum Gasteiger partial charge on any atom is -0.506 e. The number of amides is 1. The minimum atomic E-state index is -0.180. The van der Waals surface area contributed by atoms with Gasteiger partial charge in [0.2, 0.25) is 0 Å². The van der Waals surface area contributed by atoms with E-state index in [2.05, 4.69) is 26.2 Å². The average molecular weight is 610 g/mol. The number of rotatable bonds is 10. The van der Waals surface area contributed by atoms with Crippen LogP contribution in [0.15, 0.2) is 75.5 Å². The van der Waals surface area contributed by atoms with Crippen molar-refractivity contribution in [2.24, 2.45) is 4.99 Å². The fraction of sp³-hybridized carbons (Fsp3) is 0.172. The van der Waals surface area contributed by atoms with E-state index in [-0.39, 0.29) is 29.8 Å². The van der Waals surface area contributed by atoms with Crippen molar-refractivity contribution in [3.8, 4) is 16.2 Å². The number of hydrogen-bond donors (Lipinski definition) is 2. The average Bonchev–Trinajstić information content (AvgIpc) is 3.58. The Morgan fingerprint density at radius 2 is 1.61 bits per heavy atom. The third-order valence-corrected chi connectivity index (χ3v) is 8.67. The van der Waals surface area contributed by atoms with Gasteiger partial charge < -0.3 is 10.4 Å². The molecule has 2 aromatic heterocycles. The van der Waals surface area contributed by atoms with Gasteiger partial charge in [-0.2, -0.15) is 0 Å². The summed E-state index contributed by atoms with van der Waals surface area (Å²) >= 11 is 6.01. The SMILES string of the molecule is CNC(=O)c1ccc(CCC(=O)c2ccc(C(=O)CN=C(C)c3csc(-c4ccc(Br)cc4)c3O)s2)cc1. The van der Waals surface area contributed by atoms with Crippen LogP contribution in [0.1, 0.15) is 54.2 Å². The second-order valence-electron chi connectivity index (χ2n) is 8.52. The maximum absolute atomic E-state index is 12.7. The van der Waals surface area contributed by atoms with Crippen LogP contribution in [0, 0.1) is 0 Å². The molecule has 0 saturated carbocycles. The van der Waals surface area contributed by atoms with Crippen molar-refractivity contribution in [2.45, 2.75) is 19.8 Å². The molecule has 4 rings (SSSR count). The zero-order chi connectivity index (χ0) is 27.2. The highest BCUT2D eigenvalue weighted by molar-refractivity contribution is 9.10. The molecule has 2 aromatic carbocycles. The number of thiophene rings is 2. The van der Waals surface area contributed by atoms with Crippen molar-refractivity contribution < 1.29 is 19.5 Å². The zero-order valence-electron chi connectivity index (χ0n) is 20.8. The standard InChI is InChI=1S/C29H25BrN2O4S2/c1-17(22-16-37-28(27(22)35)19-8-10-21(30)11-9-19)32-15-24(34)26-14-13-25(38-26)23(33)12-5-18-3-6-20(7-4-18)29(36)31-2/h3-4,6-11,13-14,16,35H,5,12,15H2,1-2H3,(H,31,36). The van der Waals surface area contributed by atoms with Crippen molar-refractivity contribution in [3.63, 3.8) is 0 Å². The monoisotopic (exact) mass is 608 g/mol. The Labute approximate surface area is 237 Å². The molecule has 2 heterocycles. The molecular weight excluding hydrogens is 584 g/mol. The summed E-state index contributed by atoms with van der Waals surface area (Å²) < 4.78 is 0.959. The van der Waals surface area contributed by atoms with E-state index in [0.717, 1.165) is 20.5 Å². The maximum atomic E-state index is 12.7. The van der Waals surface area contributed by atoms with Crippen molar-refractivity contribution in [2.75, 3.05) is 13.6 Å². The van der Waals surface area contributed by atoms with E-state index in [9.17, 15) is 19.5 Å². The van der Waals surface area contributed by atoms with Gasteiger partial charge >= 0.3 is 0 Å². The van der Waals surface area contributed by atoms with Crippen LogP contribution in [-0.4, -0.2) is 41.9 Å². The van der Waals surface area contributed by atoms with Crippen LogP contribution in [0.25, 0.3) is 10.4 Å². The highest BCUT2D eigenvalue weighted by Gasteiger charge is 2.17. The van der Waals surface area contributed by atoms with Crippen LogP contribution in [0.5, 0.6) is 5.75 Å². The van der Waals surface area contributed by atoms with Gasteiger partial charge in [0, 0.05) is 40.2 Å². The van der Waals surface area contributed by atoms with Gasteiger partial charge in [0.25, 0.3) is 5.91 Å². The number of halogens is 1. The van der Waals surface area contributed by atoms with Gasteiger partial charge in [0.05, 0.1) is 14.6 Å². The van der Waals surface area contributed by atoms with Crippen LogP contribution in [-0.2, 0) is 6.42 Å². The molecule has 0 saturated heterocycles. The lowest BCUT2D eigenvalue weighted by Gasteiger charge is -2.03. The van der Waals surface area contributed by atoms with E-state index in [1.807, 2.05) is 41.8 Å². The Morgan fingerprint density at radius 3 is 2.26 bits per heavy atom. The molecular formula is C29H25BrN2O4S2. The number of aromatic hydroxyl groups is 1. The minimum absolute atomic E-state index is 0.0345. The number of carbonyl (C=O) groups is 3. The van der Waals surface area contributed by atoms with Crippen molar-refractivity contribution in [1.82, 2.24) is 5.32 Å². The molecule has 2 N–H and O–H groups in total. The molecule has 0 unspecified atom stereocenters. The molecule has 6 nitrogen and oxygen atoms in total. The number of ketones is 2. The topological polar surface area (TPSA) is 95.8 Å². The Bertz CT molecular complexity index is 1500. The van der Waals surface area contributed by atoms with Gasteiger partial charge in [0.1, 0.15) is 12.3 Å². The number of aryl methyl sites for hydroxylation is 1. The number of hydrogen-bond acceptors (Lipinski definition) is 7. The third kappa shape index (κ3) is 6.53. The van der Waals surface area contributed by atoms with E-state index >= 15 is 0 Å². The maximum Gasteiger partial charge on any atom is 0.251 e. The summed E-state index contributed by atoms with van der Waals surface area (Å²) in [6, 6.07) is 18.2. The molecule has 38 heavy (non-hydrogen) atoms. The fourth-order valence-electron chi connectivity index (χ4n) is 3.75. The summed E-state index contributed by atoms with van der Waals surface area (Å²) in [4.78, 5) is 43.2. The van der Waals surface area contributed by atoms with E-state index in [4.69, 9.17) is 0 Å². The Hall–Kier alpha value is -3.40. The number of aliphatic imine (C=N–C) groups is 1. The lowest BCUT2D eigenvalue weighted by Crippen LogP contribution is -2.17. The molecule has 1 amide bonds. The molecule has 0 spiro atoms. The zero-order valence-corrected chi connectivity index (χ0v) is 24.0. The van der Waals surface area contributed by atoms with E-state index in [1.54, 1.807) is 38.2 Å². The van der Waals surface area contributed by atoms with Crippen molar-refractivity contribution >= 4 is 61.8 Å². The smallest absolute Gasteiger partial charge is 0.251 e. The number of nitrogens with zero attached hydrogens (tertiary/aromatic N) is 1. The first-order valence-electron chi connectivity index (χ1n) is 11.8. The summed E-state index contributed by atoms with van der Waals surface area (Å²) in [6.45, 7) is 1.70. The first-order chi connectivity index (χ1) is 18.3. The summed E-state index contributed by atoms with van der Waals surface area (Å²) in [5, 5.41) is 15.1. The molecule has 0 aliphatic rings. The van der Waals surface area contributed by atoms with Gasteiger partial charge in [-0.05, 0) is 60.9 Å². The second kappa shape index (κ2) is 12.4. The third-order valence-electron chi connectivity index (χ3n) is 5.96. The Balaban J connectivity index is 1.35. The van der Waals surface area contributed by atoms with Crippen molar-refractivity contribution in [3.05, 3.63) is 97.0 Å². The van der Waals surface area contributed by atoms with E-state index in [0.29, 0.717) is 39.4 Å². The molecule has 0 bridgehead atoms. The molecule has 4 aromatic rings. The molecule has 194 valence electrons. The normalized spacial score (nSPS) is 11.4. The predicted octanol–water partition coefficient (Wildman–Crippen LogP) is 6.81. The second-order valence-corrected chi connectivity index (χ2v) is 11.4. The van der Waals surface area contributed by atoms with Gasteiger partial charge in [-0.1, -0.05) is 40.2 Å².